The van der Waals surface area contributed by atoms with Crippen LogP contribution in [0.5, 0.6) is 0 Å². The highest BCUT2D eigenvalue weighted by Gasteiger charge is 2.28. The van der Waals surface area contributed by atoms with Crippen molar-refractivity contribution in [3.05, 3.63) is 82.9 Å². The number of benzene rings is 2. The first-order chi connectivity index (χ1) is 19.0. The number of anilines is 2. The van der Waals surface area contributed by atoms with Crippen LogP contribution < -0.4 is 15.8 Å². The average molecular weight is 525 g/mol. The van der Waals surface area contributed by atoms with Gasteiger partial charge in [-0.1, -0.05) is 24.3 Å². The van der Waals surface area contributed by atoms with E-state index in [2.05, 4.69) is 25.2 Å². The maximum atomic E-state index is 13.5. The van der Waals surface area contributed by atoms with Gasteiger partial charge >= 0.3 is 5.97 Å². The average Bonchev–Trinajstić information content (AvgIpc) is 3.40. The van der Waals surface area contributed by atoms with E-state index >= 15 is 0 Å². The molecule has 0 amide bonds. The summed E-state index contributed by atoms with van der Waals surface area (Å²) in [7, 11) is 1.36. The Morgan fingerprint density at radius 3 is 2.79 bits per heavy atom. The van der Waals surface area contributed by atoms with E-state index in [1.807, 2.05) is 67.6 Å². The molecule has 1 fully saturated rings. The molecule has 4 heterocycles. The number of methoxy groups -OCH3 is 1. The summed E-state index contributed by atoms with van der Waals surface area (Å²) in [5, 5.41) is 4.40. The molecule has 1 saturated heterocycles. The number of carbonyl (C=O) groups excluding carboxylic acids is 1. The van der Waals surface area contributed by atoms with Gasteiger partial charge in [-0.25, -0.2) is 9.78 Å². The van der Waals surface area contributed by atoms with Crippen LogP contribution in [0.2, 0.25) is 0 Å². The number of aromatic amines is 2. The summed E-state index contributed by atoms with van der Waals surface area (Å²) in [6.45, 7) is 3.46. The Morgan fingerprint density at radius 1 is 1.13 bits per heavy atom. The number of H-pyrrole nitrogens is 2. The van der Waals surface area contributed by atoms with E-state index < -0.39 is 6.10 Å². The van der Waals surface area contributed by atoms with E-state index in [9.17, 15) is 9.59 Å². The molecular weight excluding hydrogens is 496 g/mol. The van der Waals surface area contributed by atoms with E-state index in [4.69, 9.17) is 14.5 Å². The van der Waals surface area contributed by atoms with Crippen LogP contribution in [0.1, 0.15) is 18.7 Å². The van der Waals surface area contributed by atoms with Gasteiger partial charge in [0.25, 0.3) is 5.56 Å². The summed E-state index contributed by atoms with van der Waals surface area (Å²) < 4.78 is 10.4. The number of ether oxygens (including phenoxy) is 2. The fourth-order valence-corrected chi connectivity index (χ4v) is 5.01. The SMILES string of the molecule is COC(=O)[C@@H]1CN(c2ccc3nc(-c4c(NC(C)c5ccccn5)c5ccccc5[nH]c4=O)[nH]c3c2)CCO1. The van der Waals surface area contributed by atoms with E-state index in [0.29, 0.717) is 36.8 Å². The molecule has 10 heteroatoms. The second-order valence-electron chi connectivity index (χ2n) is 9.49. The Hall–Kier alpha value is -4.70. The quantitative estimate of drug-likeness (QED) is 0.285. The molecule has 0 aliphatic carbocycles. The molecule has 1 aliphatic heterocycles. The van der Waals surface area contributed by atoms with Gasteiger partial charge in [0.15, 0.2) is 6.10 Å². The van der Waals surface area contributed by atoms with Gasteiger partial charge in [-0.2, -0.15) is 0 Å². The number of imidazole rings is 1. The highest BCUT2D eigenvalue weighted by Crippen LogP contribution is 2.34. The number of nitrogens with one attached hydrogen (secondary N) is 3. The number of morpholine rings is 1. The summed E-state index contributed by atoms with van der Waals surface area (Å²) in [6, 6.07) is 19.1. The fraction of sp³-hybridized carbons (Fsp3) is 0.241. The number of hydrogen-bond donors (Lipinski definition) is 3. The van der Waals surface area contributed by atoms with Crippen molar-refractivity contribution < 1.29 is 14.3 Å². The molecule has 5 aromatic rings. The molecule has 2 atom stereocenters. The van der Waals surface area contributed by atoms with Crippen molar-refractivity contribution >= 4 is 39.3 Å². The first-order valence-electron chi connectivity index (χ1n) is 12.8. The van der Waals surface area contributed by atoms with Crippen LogP contribution in [0.4, 0.5) is 11.4 Å². The zero-order valence-corrected chi connectivity index (χ0v) is 21.6. The number of fused-ring (bicyclic) bond motifs is 2. The maximum absolute atomic E-state index is 13.5. The lowest BCUT2D eigenvalue weighted by atomic mass is 10.1. The van der Waals surface area contributed by atoms with Crippen LogP contribution in [0.3, 0.4) is 0 Å². The van der Waals surface area contributed by atoms with E-state index in [1.165, 1.54) is 7.11 Å². The number of para-hydroxylation sites is 1. The van der Waals surface area contributed by atoms with Crippen LogP contribution in [0, 0.1) is 0 Å². The molecule has 0 bridgehead atoms. The second kappa shape index (κ2) is 10.2. The van der Waals surface area contributed by atoms with Gasteiger partial charge < -0.3 is 29.7 Å². The Morgan fingerprint density at radius 2 is 1.97 bits per heavy atom. The predicted octanol–water partition coefficient (Wildman–Crippen LogP) is 4.02. The third kappa shape index (κ3) is 4.70. The number of nitrogens with zero attached hydrogens (tertiary/aromatic N) is 3. The molecule has 2 aromatic carbocycles. The van der Waals surface area contributed by atoms with Crippen LogP contribution in [-0.4, -0.2) is 58.8 Å². The van der Waals surface area contributed by atoms with E-state index in [1.54, 1.807) is 6.20 Å². The third-order valence-electron chi connectivity index (χ3n) is 7.01. The molecule has 198 valence electrons. The first kappa shape index (κ1) is 24.6. The molecule has 3 aromatic heterocycles. The smallest absolute Gasteiger partial charge is 0.336 e. The van der Waals surface area contributed by atoms with E-state index in [0.717, 1.165) is 33.3 Å². The third-order valence-corrected chi connectivity index (χ3v) is 7.01. The molecular formula is C29H28N6O4. The van der Waals surface area contributed by atoms with Gasteiger partial charge in [0, 0.05) is 23.8 Å². The van der Waals surface area contributed by atoms with Crippen molar-refractivity contribution in [3.8, 4) is 11.4 Å². The van der Waals surface area contributed by atoms with Gasteiger partial charge in [-0.15, -0.1) is 0 Å². The number of aromatic nitrogens is 4. The van der Waals surface area contributed by atoms with E-state index in [-0.39, 0.29) is 17.6 Å². The highest BCUT2D eigenvalue weighted by atomic mass is 16.6. The minimum Gasteiger partial charge on any atom is -0.467 e. The Bertz CT molecular complexity index is 1710. The van der Waals surface area contributed by atoms with Crippen LogP contribution in [0.15, 0.2) is 71.7 Å². The van der Waals surface area contributed by atoms with Crippen LogP contribution in [0.25, 0.3) is 33.3 Å². The van der Waals surface area contributed by atoms with Gasteiger partial charge in [0.05, 0.1) is 54.2 Å². The zero-order valence-electron chi connectivity index (χ0n) is 21.6. The fourth-order valence-electron chi connectivity index (χ4n) is 5.01. The molecule has 1 aliphatic rings. The van der Waals surface area contributed by atoms with Crippen molar-refractivity contribution in [1.29, 1.82) is 0 Å². The summed E-state index contributed by atoms with van der Waals surface area (Å²) >= 11 is 0. The van der Waals surface area contributed by atoms with Gasteiger partial charge in [-0.05, 0) is 43.3 Å². The lowest BCUT2D eigenvalue weighted by Crippen LogP contribution is -2.46. The minimum atomic E-state index is -0.636. The zero-order chi connectivity index (χ0) is 26.9. The van der Waals surface area contributed by atoms with Crippen molar-refractivity contribution in [2.24, 2.45) is 0 Å². The second-order valence-corrected chi connectivity index (χ2v) is 9.49. The lowest BCUT2D eigenvalue weighted by Gasteiger charge is -2.33. The number of rotatable bonds is 6. The molecule has 0 radical (unpaired) electrons. The summed E-state index contributed by atoms with van der Waals surface area (Å²) in [6.07, 6.45) is 1.12. The Kier molecular flexibility index (Phi) is 6.45. The molecule has 10 nitrogen and oxygen atoms in total. The molecule has 3 N–H and O–H groups in total. The standard InChI is InChI=1S/C29H28N6O4/c1-17(20-8-5-6-12-30-20)31-26-19-7-3-4-9-21(19)34-28(36)25(26)27-32-22-11-10-18(15-23(22)33-27)35-13-14-39-24(16-35)29(37)38-2/h3-12,15,17,24H,13-14,16H2,1-2H3,(H,32,33)(H2,31,34,36)/t17?,24-/m0/s1. The highest BCUT2D eigenvalue weighted by molar-refractivity contribution is 5.99. The Balaban J connectivity index is 1.41. The number of esters is 1. The van der Waals surface area contributed by atoms with Crippen molar-refractivity contribution in [3.63, 3.8) is 0 Å². The first-order valence-corrected chi connectivity index (χ1v) is 12.8. The summed E-state index contributed by atoms with van der Waals surface area (Å²) in [4.78, 5) is 43.2. The normalized spacial score (nSPS) is 16.4. The summed E-state index contributed by atoms with van der Waals surface area (Å²) in [5.74, 6) is 0.0689. The minimum absolute atomic E-state index is 0.157. The topological polar surface area (TPSA) is 125 Å². The lowest BCUT2D eigenvalue weighted by molar-refractivity contribution is -0.154. The maximum Gasteiger partial charge on any atom is 0.336 e. The van der Waals surface area contributed by atoms with Crippen LogP contribution >= 0.6 is 0 Å². The van der Waals surface area contributed by atoms with Gasteiger partial charge in [0.1, 0.15) is 11.4 Å². The number of pyridine rings is 2. The molecule has 6 rings (SSSR count). The Labute approximate surface area is 224 Å². The van der Waals surface area contributed by atoms with Gasteiger partial charge in [-0.3, -0.25) is 9.78 Å². The van der Waals surface area contributed by atoms with Crippen molar-refractivity contribution in [2.75, 3.05) is 37.0 Å². The van der Waals surface area contributed by atoms with Crippen LogP contribution in [-0.2, 0) is 14.3 Å². The van der Waals surface area contributed by atoms with Crippen molar-refractivity contribution in [1.82, 2.24) is 19.9 Å². The molecule has 39 heavy (non-hydrogen) atoms. The monoisotopic (exact) mass is 524 g/mol. The molecule has 0 saturated carbocycles. The predicted molar refractivity (Wildman–Crippen MR) is 150 cm³/mol. The molecule has 1 unspecified atom stereocenters. The van der Waals surface area contributed by atoms with Crippen molar-refractivity contribution in [2.45, 2.75) is 19.1 Å². The van der Waals surface area contributed by atoms with Gasteiger partial charge in [0.2, 0.25) is 0 Å². The largest absolute Gasteiger partial charge is 0.467 e. The molecule has 0 spiro atoms. The number of carbonyl (C=O) groups is 1. The number of hydrogen-bond acceptors (Lipinski definition) is 8. The summed E-state index contributed by atoms with van der Waals surface area (Å²) in [5.41, 5.74) is 4.86.